The molecule has 0 saturated carbocycles. The van der Waals surface area contributed by atoms with Crippen molar-refractivity contribution < 1.29 is 14.7 Å². The second kappa shape index (κ2) is 5.96. The minimum absolute atomic E-state index is 0.0235. The Balaban J connectivity index is 1.65. The van der Waals surface area contributed by atoms with Crippen molar-refractivity contribution in [3.63, 3.8) is 0 Å². The number of amides is 1. The van der Waals surface area contributed by atoms with Gasteiger partial charge in [0.1, 0.15) is 6.04 Å². The van der Waals surface area contributed by atoms with Gasteiger partial charge < -0.3 is 15.3 Å². The largest absolute Gasteiger partial charge is 0.480 e. The highest BCUT2D eigenvalue weighted by Crippen LogP contribution is 2.44. The standard InChI is InChI=1S/C19H22N2O3/c22-18(21-9-2-1-3-10-21)12-7-8-16-15(11-12)13-5-4-6-14(13)17(20-16)19(23)24/h4-5,7-8,11,13-14,17,20H,1-3,6,9-10H2,(H,23,24). The normalized spacial score (nSPS) is 28.0. The Morgan fingerprint density at radius 3 is 2.71 bits per heavy atom. The zero-order chi connectivity index (χ0) is 16.7. The van der Waals surface area contributed by atoms with Crippen molar-refractivity contribution in [3.8, 4) is 0 Å². The van der Waals surface area contributed by atoms with Crippen molar-refractivity contribution >= 4 is 17.6 Å². The van der Waals surface area contributed by atoms with Gasteiger partial charge in [-0.25, -0.2) is 4.79 Å². The molecule has 1 aliphatic carbocycles. The Morgan fingerprint density at radius 2 is 1.96 bits per heavy atom. The summed E-state index contributed by atoms with van der Waals surface area (Å²) in [4.78, 5) is 26.2. The summed E-state index contributed by atoms with van der Waals surface area (Å²) >= 11 is 0. The number of carboxylic acids is 1. The van der Waals surface area contributed by atoms with Gasteiger partial charge in [0.15, 0.2) is 0 Å². The second-order valence-corrected chi connectivity index (χ2v) is 6.97. The number of carboxylic acid groups (broad SMARTS) is 1. The number of aliphatic carboxylic acids is 1. The minimum Gasteiger partial charge on any atom is -0.480 e. The van der Waals surface area contributed by atoms with Gasteiger partial charge in [0.25, 0.3) is 5.91 Å². The first-order chi connectivity index (χ1) is 11.6. The van der Waals surface area contributed by atoms with Crippen LogP contribution in [-0.4, -0.2) is 41.0 Å². The second-order valence-electron chi connectivity index (χ2n) is 6.97. The van der Waals surface area contributed by atoms with Crippen molar-refractivity contribution in [3.05, 3.63) is 41.5 Å². The average Bonchev–Trinajstić information content (AvgIpc) is 3.10. The number of hydrogen-bond acceptors (Lipinski definition) is 3. The third kappa shape index (κ3) is 2.48. The molecule has 2 heterocycles. The van der Waals surface area contributed by atoms with Crippen molar-refractivity contribution in [1.29, 1.82) is 0 Å². The molecule has 126 valence electrons. The van der Waals surface area contributed by atoms with E-state index in [-0.39, 0.29) is 17.7 Å². The Hall–Kier alpha value is -2.30. The van der Waals surface area contributed by atoms with E-state index in [0.717, 1.165) is 43.6 Å². The lowest BCUT2D eigenvalue weighted by Gasteiger charge is -2.35. The number of nitrogens with one attached hydrogen (secondary N) is 1. The lowest BCUT2D eigenvalue weighted by atomic mass is 9.79. The third-order valence-electron chi connectivity index (χ3n) is 5.52. The van der Waals surface area contributed by atoms with Crippen LogP contribution in [0.25, 0.3) is 0 Å². The number of likely N-dealkylation sites (tertiary alicyclic amines) is 1. The number of piperidine rings is 1. The highest BCUT2D eigenvalue weighted by Gasteiger charge is 2.41. The van der Waals surface area contributed by atoms with Gasteiger partial charge in [-0.2, -0.15) is 0 Å². The van der Waals surface area contributed by atoms with Crippen molar-refractivity contribution in [1.82, 2.24) is 4.90 Å². The van der Waals surface area contributed by atoms with Crippen LogP contribution in [0.2, 0.25) is 0 Å². The molecule has 24 heavy (non-hydrogen) atoms. The summed E-state index contributed by atoms with van der Waals surface area (Å²) in [6.07, 6.45) is 8.26. The molecule has 0 aromatic heterocycles. The van der Waals surface area contributed by atoms with E-state index in [2.05, 4.69) is 17.5 Å². The molecule has 0 spiro atoms. The third-order valence-corrected chi connectivity index (χ3v) is 5.52. The number of allylic oxidation sites excluding steroid dienone is 2. The highest BCUT2D eigenvalue weighted by molar-refractivity contribution is 5.95. The number of hydrogen-bond donors (Lipinski definition) is 2. The van der Waals surface area contributed by atoms with Crippen LogP contribution in [0.3, 0.4) is 0 Å². The van der Waals surface area contributed by atoms with Crippen LogP contribution in [-0.2, 0) is 4.79 Å². The summed E-state index contributed by atoms with van der Waals surface area (Å²) in [6.45, 7) is 1.67. The minimum atomic E-state index is -0.812. The maximum atomic E-state index is 12.7. The molecule has 2 N–H and O–H groups in total. The molecule has 0 radical (unpaired) electrons. The van der Waals surface area contributed by atoms with E-state index in [4.69, 9.17) is 0 Å². The zero-order valence-electron chi connectivity index (χ0n) is 13.6. The summed E-state index contributed by atoms with van der Waals surface area (Å²) < 4.78 is 0. The van der Waals surface area contributed by atoms with Crippen LogP contribution in [0, 0.1) is 5.92 Å². The van der Waals surface area contributed by atoms with Gasteiger partial charge in [0.05, 0.1) is 0 Å². The number of anilines is 1. The molecular formula is C19H22N2O3. The molecule has 1 saturated heterocycles. The van der Waals surface area contributed by atoms with E-state index >= 15 is 0 Å². The van der Waals surface area contributed by atoms with Crippen LogP contribution >= 0.6 is 0 Å². The van der Waals surface area contributed by atoms with Gasteiger partial charge in [-0.05, 0) is 49.4 Å². The number of fused-ring (bicyclic) bond motifs is 3. The lowest BCUT2D eigenvalue weighted by Crippen LogP contribution is -2.42. The van der Waals surface area contributed by atoms with Crippen molar-refractivity contribution in [2.24, 2.45) is 5.92 Å². The molecule has 5 heteroatoms. The molecule has 1 aromatic rings. The van der Waals surface area contributed by atoms with Crippen LogP contribution in [0.15, 0.2) is 30.4 Å². The van der Waals surface area contributed by atoms with E-state index in [1.165, 1.54) is 6.42 Å². The fraction of sp³-hybridized carbons (Fsp3) is 0.474. The number of carbonyl (C=O) groups is 2. The molecule has 3 unspecified atom stereocenters. The molecule has 3 atom stereocenters. The monoisotopic (exact) mass is 326 g/mol. The number of rotatable bonds is 2. The molecular weight excluding hydrogens is 304 g/mol. The van der Waals surface area contributed by atoms with Crippen molar-refractivity contribution in [2.75, 3.05) is 18.4 Å². The topological polar surface area (TPSA) is 69.6 Å². The van der Waals surface area contributed by atoms with Gasteiger partial charge in [0, 0.05) is 36.2 Å². The molecule has 0 bridgehead atoms. The van der Waals surface area contributed by atoms with E-state index in [1.807, 2.05) is 23.1 Å². The molecule has 4 rings (SSSR count). The number of carbonyl (C=O) groups excluding carboxylic acids is 1. The van der Waals surface area contributed by atoms with E-state index in [0.29, 0.717) is 5.56 Å². The summed E-state index contributed by atoms with van der Waals surface area (Å²) in [5.41, 5.74) is 2.60. The summed E-state index contributed by atoms with van der Waals surface area (Å²) in [6, 6.07) is 5.08. The van der Waals surface area contributed by atoms with Gasteiger partial charge in [-0.15, -0.1) is 0 Å². The predicted molar refractivity (Wildman–Crippen MR) is 91.2 cm³/mol. The molecule has 1 fully saturated rings. The van der Waals surface area contributed by atoms with Crippen LogP contribution in [0.1, 0.15) is 47.5 Å². The van der Waals surface area contributed by atoms with Gasteiger partial charge in [-0.1, -0.05) is 12.2 Å². The molecule has 1 amide bonds. The van der Waals surface area contributed by atoms with E-state index < -0.39 is 12.0 Å². The predicted octanol–water partition coefficient (Wildman–Crippen LogP) is 2.85. The SMILES string of the molecule is O=C(O)C1Nc2ccc(C(=O)N3CCCCC3)cc2C2C=CCC12. The highest BCUT2D eigenvalue weighted by atomic mass is 16.4. The maximum Gasteiger partial charge on any atom is 0.326 e. The molecule has 3 aliphatic rings. The Labute approximate surface area is 141 Å². The molecule has 1 aromatic carbocycles. The lowest BCUT2D eigenvalue weighted by molar-refractivity contribution is -0.139. The summed E-state index contributed by atoms with van der Waals surface area (Å²) in [5, 5.41) is 12.6. The van der Waals surface area contributed by atoms with Gasteiger partial charge in [-0.3, -0.25) is 4.79 Å². The Kier molecular flexibility index (Phi) is 3.79. The van der Waals surface area contributed by atoms with Crippen molar-refractivity contribution in [2.45, 2.75) is 37.6 Å². The first-order valence-corrected chi connectivity index (χ1v) is 8.74. The summed E-state index contributed by atoms with van der Waals surface area (Å²) in [5.74, 6) is -0.615. The van der Waals surface area contributed by atoms with Gasteiger partial charge in [0.2, 0.25) is 0 Å². The number of nitrogens with zero attached hydrogens (tertiary/aromatic N) is 1. The fourth-order valence-corrected chi connectivity index (χ4v) is 4.25. The Morgan fingerprint density at radius 1 is 1.17 bits per heavy atom. The first kappa shape index (κ1) is 15.2. The van der Waals surface area contributed by atoms with Crippen LogP contribution < -0.4 is 5.32 Å². The fourth-order valence-electron chi connectivity index (χ4n) is 4.25. The van der Waals surface area contributed by atoms with Gasteiger partial charge >= 0.3 is 5.97 Å². The smallest absolute Gasteiger partial charge is 0.326 e. The van der Waals surface area contributed by atoms with Crippen LogP contribution in [0.4, 0.5) is 5.69 Å². The number of benzene rings is 1. The Bertz CT molecular complexity index is 707. The van der Waals surface area contributed by atoms with Crippen LogP contribution in [0.5, 0.6) is 0 Å². The first-order valence-electron chi connectivity index (χ1n) is 8.74. The van der Waals surface area contributed by atoms with E-state index in [1.54, 1.807) is 0 Å². The zero-order valence-corrected chi connectivity index (χ0v) is 13.6. The quantitative estimate of drug-likeness (QED) is 0.820. The molecule has 5 nitrogen and oxygen atoms in total. The molecule has 2 aliphatic heterocycles. The average molecular weight is 326 g/mol. The maximum absolute atomic E-state index is 12.7. The van der Waals surface area contributed by atoms with E-state index in [9.17, 15) is 14.7 Å². The summed E-state index contributed by atoms with van der Waals surface area (Å²) in [7, 11) is 0.